The zero-order chi connectivity index (χ0) is 12.8. The van der Waals surface area contributed by atoms with Crippen molar-refractivity contribution in [3.05, 3.63) is 0 Å². The first-order chi connectivity index (χ1) is 8.04. The Kier molecular flexibility index (Phi) is 5.45. The summed E-state index contributed by atoms with van der Waals surface area (Å²) in [6.07, 6.45) is 3.46. The van der Waals surface area contributed by atoms with Gasteiger partial charge in [-0.15, -0.1) is 0 Å². The van der Waals surface area contributed by atoms with Gasteiger partial charge in [0.25, 0.3) is 0 Å². The number of carbonyl (C=O) groups excluding carboxylic acids is 2. The van der Waals surface area contributed by atoms with Crippen molar-refractivity contribution in [2.45, 2.75) is 52.5 Å². The quantitative estimate of drug-likeness (QED) is 0.640. The van der Waals surface area contributed by atoms with Crippen molar-refractivity contribution in [2.24, 2.45) is 5.92 Å². The molecule has 1 rings (SSSR count). The van der Waals surface area contributed by atoms with Gasteiger partial charge < -0.3 is 9.64 Å². The van der Waals surface area contributed by atoms with E-state index in [0.717, 1.165) is 19.3 Å². The van der Waals surface area contributed by atoms with E-state index in [1.54, 1.807) is 11.8 Å². The Morgan fingerprint density at radius 2 is 2.00 bits per heavy atom. The minimum Gasteiger partial charge on any atom is -0.465 e. The fourth-order valence-electron chi connectivity index (χ4n) is 1.71. The van der Waals surface area contributed by atoms with Crippen molar-refractivity contribution < 1.29 is 14.3 Å². The molecule has 1 amide bonds. The van der Waals surface area contributed by atoms with E-state index in [2.05, 4.69) is 13.8 Å². The van der Waals surface area contributed by atoms with Crippen molar-refractivity contribution in [3.63, 3.8) is 0 Å². The maximum absolute atomic E-state index is 12.0. The summed E-state index contributed by atoms with van der Waals surface area (Å²) in [7, 11) is 0. The van der Waals surface area contributed by atoms with Crippen LogP contribution >= 0.6 is 0 Å². The first-order valence-electron chi connectivity index (χ1n) is 6.49. The first-order valence-corrected chi connectivity index (χ1v) is 6.49. The van der Waals surface area contributed by atoms with Crippen LogP contribution < -0.4 is 0 Å². The summed E-state index contributed by atoms with van der Waals surface area (Å²) < 4.78 is 4.89. The molecule has 4 heteroatoms. The second kappa shape index (κ2) is 6.62. The standard InChI is InChI=1S/C13H23NO3/c1-4-17-13(16)9-14(11-6-7-11)12(15)8-5-10(2)3/h10-11H,4-9H2,1-3H3. The predicted molar refractivity (Wildman–Crippen MR) is 65.4 cm³/mol. The number of carbonyl (C=O) groups is 2. The molecule has 0 unspecified atom stereocenters. The molecule has 0 aromatic heterocycles. The zero-order valence-corrected chi connectivity index (χ0v) is 11.1. The highest BCUT2D eigenvalue weighted by atomic mass is 16.5. The molecule has 1 aliphatic rings. The van der Waals surface area contributed by atoms with E-state index in [9.17, 15) is 9.59 Å². The fraction of sp³-hybridized carbons (Fsp3) is 0.846. The summed E-state index contributed by atoms with van der Waals surface area (Å²) in [6, 6.07) is 0.277. The van der Waals surface area contributed by atoms with E-state index in [1.807, 2.05) is 0 Å². The van der Waals surface area contributed by atoms with Gasteiger partial charge in [0.15, 0.2) is 0 Å². The van der Waals surface area contributed by atoms with Gasteiger partial charge in [-0.3, -0.25) is 9.59 Å². The topological polar surface area (TPSA) is 46.6 Å². The lowest BCUT2D eigenvalue weighted by atomic mass is 10.1. The molecule has 0 aliphatic heterocycles. The molecule has 0 atom stereocenters. The molecule has 1 fully saturated rings. The molecule has 0 aromatic rings. The predicted octanol–water partition coefficient (Wildman–Crippen LogP) is 1.98. The number of esters is 1. The van der Waals surface area contributed by atoms with Gasteiger partial charge in [-0.1, -0.05) is 13.8 Å². The van der Waals surface area contributed by atoms with Crippen LogP contribution in [0.3, 0.4) is 0 Å². The van der Waals surface area contributed by atoms with Gasteiger partial charge in [0.1, 0.15) is 6.54 Å². The van der Waals surface area contributed by atoms with E-state index in [-0.39, 0.29) is 24.5 Å². The SMILES string of the molecule is CCOC(=O)CN(C(=O)CCC(C)C)C1CC1. The summed E-state index contributed by atoms with van der Waals surface area (Å²) in [5.41, 5.74) is 0. The third kappa shape index (κ3) is 5.20. The molecule has 0 bridgehead atoms. The fourth-order valence-corrected chi connectivity index (χ4v) is 1.71. The molecule has 4 nitrogen and oxygen atoms in total. The summed E-state index contributed by atoms with van der Waals surface area (Å²) >= 11 is 0. The molecule has 1 aliphatic carbocycles. The lowest BCUT2D eigenvalue weighted by Crippen LogP contribution is -2.38. The van der Waals surface area contributed by atoms with E-state index in [0.29, 0.717) is 18.9 Å². The molecule has 0 aromatic carbocycles. The van der Waals surface area contributed by atoms with Crippen molar-refractivity contribution in [1.29, 1.82) is 0 Å². The Morgan fingerprint density at radius 1 is 1.35 bits per heavy atom. The number of hydrogen-bond acceptors (Lipinski definition) is 3. The van der Waals surface area contributed by atoms with Crippen LogP contribution in [0.1, 0.15) is 46.5 Å². The van der Waals surface area contributed by atoms with Gasteiger partial charge in [0, 0.05) is 12.5 Å². The second-order valence-corrected chi connectivity index (χ2v) is 4.99. The highest BCUT2D eigenvalue weighted by molar-refractivity contribution is 5.82. The van der Waals surface area contributed by atoms with Gasteiger partial charge in [0.05, 0.1) is 6.61 Å². The third-order valence-corrected chi connectivity index (χ3v) is 2.85. The van der Waals surface area contributed by atoms with Gasteiger partial charge in [0.2, 0.25) is 5.91 Å². The van der Waals surface area contributed by atoms with Gasteiger partial charge in [-0.2, -0.15) is 0 Å². The number of ether oxygens (including phenoxy) is 1. The second-order valence-electron chi connectivity index (χ2n) is 4.99. The van der Waals surface area contributed by atoms with Crippen molar-refractivity contribution in [2.75, 3.05) is 13.2 Å². The number of amides is 1. The van der Waals surface area contributed by atoms with Crippen LogP contribution in [-0.2, 0) is 14.3 Å². The molecule has 1 saturated carbocycles. The van der Waals surface area contributed by atoms with Crippen molar-refractivity contribution in [1.82, 2.24) is 4.90 Å². The Hall–Kier alpha value is -1.06. The highest BCUT2D eigenvalue weighted by Crippen LogP contribution is 2.27. The van der Waals surface area contributed by atoms with Crippen molar-refractivity contribution >= 4 is 11.9 Å². The smallest absolute Gasteiger partial charge is 0.325 e. The molecule has 17 heavy (non-hydrogen) atoms. The lowest BCUT2D eigenvalue weighted by molar-refractivity contribution is -0.149. The minimum absolute atomic E-state index is 0.0919. The number of nitrogens with zero attached hydrogens (tertiary/aromatic N) is 1. The molecule has 0 heterocycles. The average Bonchev–Trinajstić information content (AvgIpc) is 3.06. The summed E-state index contributed by atoms with van der Waals surface area (Å²) in [5, 5.41) is 0. The van der Waals surface area contributed by atoms with Crippen molar-refractivity contribution in [3.8, 4) is 0 Å². The van der Waals surface area contributed by atoms with Crippen LogP contribution in [0.4, 0.5) is 0 Å². The molecule has 98 valence electrons. The lowest BCUT2D eigenvalue weighted by Gasteiger charge is -2.21. The summed E-state index contributed by atoms with van der Waals surface area (Å²) in [5.74, 6) is 0.314. The summed E-state index contributed by atoms with van der Waals surface area (Å²) in [4.78, 5) is 25.1. The number of rotatable bonds is 7. The maximum atomic E-state index is 12.0. The number of hydrogen-bond donors (Lipinski definition) is 0. The van der Waals surface area contributed by atoms with E-state index in [1.165, 1.54) is 0 Å². The van der Waals surface area contributed by atoms with Gasteiger partial charge in [-0.05, 0) is 32.1 Å². The molecule has 0 saturated heterocycles. The average molecular weight is 241 g/mol. The molecule has 0 radical (unpaired) electrons. The largest absolute Gasteiger partial charge is 0.465 e. The normalized spacial score (nSPS) is 14.8. The van der Waals surface area contributed by atoms with E-state index < -0.39 is 0 Å². The maximum Gasteiger partial charge on any atom is 0.325 e. The van der Waals surface area contributed by atoms with Gasteiger partial charge >= 0.3 is 5.97 Å². The van der Waals surface area contributed by atoms with Crippen LogP contribution in [0.5, 0.6) is 0 Å². The van der Waals surface area contributed by atoms with E-state index >= 15 is 0 Å². The van der Waals surface area contributed by atoms with Crippen LogP contribution in [0.25, 0.3) is 0 Å². The molecule has 0 N–H and O–H groups in total. The van der Waals surface area contributed by atoms with Crippen LogP contribution in [0.15, 0.2) is 0 Å². The highest BCUT2D eigenvalue weighted by Gasteiger charge is 2.33. The zero-order valence-electron chi connectivity index (χ0n) is 11.1. The molecular formula is C13H23NO3. The monoisotopic (exact) mass is 241 g/mol. The Morgan fingerprint density at radius 3 is 2.47 bits per heavy atom. The minimum atomic E-state index is -0.294. The van der Waals surface area contributed by atoms with Crippen LogP contribution in [0.2, 0.25) is 0 Å². The van der Waals surface area contributed by atoms with Gasteiger partial charge in [-0.25, -0.2) is 0 Å². The van der Waals surface area contributed by atoms with Crippen LogP contribution in [-0.4, -0.2) is 36.0 Å². The Bertz CT molecular complexity index is 272. The van der Waals surface area contributed by atoms with E-state index in [4.69, 9.17) is 4.74 Å². The first kappa shape index (κ1) is 14.0. The molecule has 0 spiro atoms. The Labute approximate surface area is 103 Å². The Balaban J connectivity index is 2.42. The molecular weight excluding hydrogens is 218 g/mol. The van der Waals surface area contributed by atoms with Crippen LogP contribution in [0, 0.1) is 5.92 Å². The third-order valence-electron chi connectivity index (χ3n) is 2.85. The summed E-state index contributed by atoms with van der Waals surface area (Å²) in [6.45, 7) is 6.47.